The van der Waals surface area contributed by atoms with Gasteiger partial charge in [-0.25, -0.2) is 4.79 Å². The lowest BCUT2D eigenvalue weighted by atomic mass is 9.91. The maximum absolute atomic E-state index is 13.6. The summed E-state index contributed by atoms with van der Waals surface area (Å²) in [7, 11) is -5.58. The van der Waals surface area contributed by atoms with Crippen molar-refractivity contribution in [3.8, 4) is 0 Å². The van der Waals surface area contributed by atoms with Gasteiger partial charge in [0, 0.05) is 0 Å². The molecule has 0 amide bonds. The predicted molar refractivity (Wildman–Crippen MR) is 89.0 cm³/mol. The molecule has 216 valence electrons. The Morgan fingerprint density at radius 2 is 0.944 bits per heavy atom. The number of carbonyl (C=O) groups excluding carboxylic acids is 1. The van der Waals surface area contributed by atoms with E-state index in [0.717, 1.165) is 6.42 Å². The summed E-state index contributed by atoms with van der Waals surface area (Å²) in [6, 6.07) is 0. The fourth-order valence-corrected chi connectivity index (χ4v) is 3.34. The van der Waals surface area contributed by atoms with Gasteiger partial charge in [-0.15, -0.1) is 0 Å². The molecule has 0 bridgehead atoms. The van der Waals surface area contributed by atoms with Crippen LogP contribution in [0.5, 0.6) is 0 Å². The lowest BCUT2D eigenvalue weighted by molar-refractivity contribution is -0.450. The minimum Gasteiger partial charge on any atom is -0.340 e. The van der Waals surface area contributed by atoms with E-state index in [1.807, 2.05) is 0 Å². The molecule has 0 saturated heterocycles. The molecule has 0 fully saturated rings. The van der Waals surface area contributed by atoms with E-state index in [0.29, 0.717) is 19.3 Å². The van der Waals surface area contributed by atoms with Gasteiger partial charge in [-0.2, -0.15) is 74.3 Å². The highest BCUT2D eigenvalue weighted by molar-refractivity contribution is 7.87. The van der Waals surface area contributed by atoms with E-state index in [9.17, 15) is 79.1 Å². The van der Waals surface area contributed by atoms with Crippen molar-refractivity contribution in [1.82, 2.24) is 0 Å². The van der Waals surface area contributed by atoms with Crippen LogP contribution in [0.4, 0.5) is 65.9 Å². The van der Waals surface area contributed by atoms with Crippen molar-refractivity contribution in [2.24, 2.45) is 0 Å². The molecular formula is C16H17F15O4S. The highest BCUT2D eigenvalue weighted by Crippen LogP contribution is 2.62. The highest BCUT2D eigenvalue weighted by atomic mass is 32.2. The third-order valence-corrected chi connectivity index (χ3v) is 5.73. The molecule has 0 aliphatic carbocycles. The maximum atomic E-state index is 13.6. The predicted octanol–water partition coefficient (Wildman–Crippen LogP) is 6.59. The fraction of sp³-hybridized carbons (Fsp3) is 0.938. The third-order valence-electron chi connectivity index (χ3n) is 4.53. The molecule has 0 saturated carbocycles. The van der Waals surface area contributed by atoms with Gasteiger partial charge in [0.2, 0.25) is 0 Å². The average Bonchev–Trinajstić information content (AvgIpc) is 2.68. The Labute approximate surface area is 193 Å². The minimum absolute atomic E-state index is 0.0378. The van der Waals surface area contributed by atoms with E-state index in [1.165, 1.54) is 0 Å². The van der Waals surface area contributed by atoms with Gasteiger partial charge in [0.1, 0.15) is 0 Å². The zero-order chi connectivity index (χ0) is 29.2. The van der Waals surface area contributed by atoms with Crippen LogP contribution in [-0.4, -0.2) is 61.9 Å². The Kier molecular flexibility index (Phi) is 10.1. The first-order valence-electron chi connectivity index (χ1n) is 9.49. The number of unbranched alkanes of at least 4 members (excludes halogenated alkanes) is 5. The molecular weight excluding hydrogens is 573 g/mol. The van der Waals surface area contributed by atoms with E-state index >= 15 is 0 Å². The molecule has 0 unspecified atom stereocenters. The smallest absolute Gasteiger partial charge is 0.340 e. The first-order valence-corrected chi connectivity index (χ1v) is 11.1. The van der Waals surface area contributed by atoms with E-state index < -0.39 is 70.0 Å². The molecule has 4 nitrogen and oxygen atoms in total. The van der Waals surface area contributed by atoms with Gasteiger partial charge in [-0.1, -0.05) is 39.0 Å². The maximum Gasteiger partial charge on any atom is 0.460 e. The van der Waals surface area contributed by atoms with Gasteiger partial charge in [0.25, 0.3) is 0 Å². The minimum atomic E-state index is -8.59. The highest BCUT2D eigenvalue weighted by Gasteiger charge is 2.94. The van der Waals surface area contributed by atoms with Crippen molar-refractivity contribution in [3.63, 3.8) is 0 Å². The quantitative estimate of drug-likeness (QED) is 0.130. The van der Waals surface area contributed by atoms with Crippen molar-refractivity contribution >= 4 is 16.1 Å². The molecule has 0 radical (unpaired) electrons. The zero-order valence-corrected chi connectivity index (χ0v) is 18.5. The molecule has 0 aromatic rings. The van der Waals surface area contributed by atoms with Gasteiger partial charge in [0.05, 0.1) is 5.75 Å². The first-order chi connectivity index (χ1) is 15.7. The topological polar surface area (TPSA) is 60.4 Å². The second-order valence-corrected chi connectivity index (χ2v) is 9.03. The molecule has 0 atom stereocenters. The Morgan fingerprint density at radius 1 is 0.583 bits per heavy atom. The lowest BCUT2D eigenvalue weighted by Gasteiger charge is -2.40. The molecule has 0 aromatic carbocycles. The number of halogens is 15. The standard InChI is InChI=1S/C16H17F15O4S/c1-2-3-4-5-6-7-8-36(33,34)35-9(32)10(17,18)11(19,20)12(21,22)13(23,24)14(25,26)15(27,28)16(29,30)31/h2-8H2,1H3. The number of rotatable bonds is 14. The van der Waals surface area contributed by atoms with Gasteiger partial charge < -0.3 is 4.18 Å². The van der Waals surface area contributed by atoms with Crippen LogP contribution >= 0.6 is 0 Å². The van der Waals surface area contributed by atoms with Crippen LogP contribution in [0, 0.1) is 0 Å². The van der Waals surface area contributed by atoms with Crippen LogP contribution in [0.3, 0.4) is 0 Å². The first kappa shape index (κ1) is 34.4. The Bertz CT molecular complexity index is 865. The average molecular weight is 590 g/mol. The molecule has 0 N–H and O–H groups in total. The number of carbonyl (C=O) groups is 1. The molecule has 0 heterocycles. The van der Waals surface area contributed by atoms with Gasteiger partial charge in [-0.05, 0) is 6.42 Å². The van der Waals surface area contributed by atoms with Crippen molar-refractivity contribution < 1.29 is 83.3 Å². The fourth-order valence-electron chi connectivity index (χ4n) is 2.36. The zero-order valence-electron chi connectivity index (χ0n) is 17.7. The Balaban J connectivity index is 6.00. The van der Waals surface area contributed by atoms with Crippen molar-refractivity contribution in [2.45, 2.75) is 87.2 Å². The molecule has 0 aliphatic rings. The molecule has 0 spiro atoms. The van der Waals surface area contributed by atoms with Gasteiger partial charge in [-0.3, -0.25) is 0 Å². The number of hydrogen-bond acceptors (Lipinski definition) is 4. The van der Waals surface area contributed by atoms with Crippen LogP contribution in [0.25, 0.3) is 0 Å². The summed E-state index contributed by atoms with van der Waals surface area (Å²) in [5, 5.41) is 0. The largest absolute Gasteiger partial charge is 0.460 e. The van der Waals surface area contributed by atoms with Crippen LogP contribution in [0.2, 0.25) is 0 Å². The van der Waals surface area contributed by atoms with E-state index in [4.69, 9.17) is 0 Å². The van der Waals surface area contributed by atoms with E-state index in [2.05, 4.69) is 4.18 Å². The number of alkyl halides is 15. The van der Waals surface area contributed by atoms with Crippen LogP contribution in [0.1, 0.15) is 45.4 Å². The molecule has 0 rings (SSSR count). The summed E-state index contributed by atoms with van der Waals surface area (Å²) < 4.78 is 222. The monoisotopic (exact) mass is 590 g/mol. The van der Waals surface area contributed by atoms with E-state index in [1.54, 1.807) is 6.92 Å². The SMILES string of the molecule is CCCCCCCCS(=O)(=O)OC(=O)C(F)(F)C(F)(F)C(F)(F)C(F)(F)C(F)(F)C(F)(F)C(F)(F)F. The second kappa shape index (κ2) is 10.6. The Hall–Kier alpha value is -1.63. The van der Waals surface area contributed by atoms with Crippen LogP contribution in [-0.2, 0) is 19.1 Å². The second-order valence-electron chi connectivity index (χ2n) is 7.34. The van der Waals surface area contributed by atoms with Crippen molar-refractivity contribution in [3.05, 3.63) is 0 Å². The number of hydrogen-bond donors (Lipinski definition) is 0. The molecule has 36 heavy (non-hydrogen) atoms. The van der Waals surface area contributed by atoms with Crippen molar-refractivity contribution in [1.29, 1.82) is 0 Å². The lowest BCUT2D eigenvalue weighted by Crippen LogP contribution is -2.73. The summed E-state index contributed by atoms with van der Waals surface area (Å²) in [5.74, 6) is -54.9. The van der Waals surface area contributed by atoms with Gasteiger partial charge in [0.15, 0.2) is 0 Å². The summed E-state index contributed by atoms with van der Waals surface area (Å²) in [6.45, 7) is 1.79. The van der Waals surface area contributed by atoms with E-state index in [-0.39, 0.29) is 6.42 Å². The van der Waals surface area contributed by atoms with Crippen LogP contribution < -0.4 is 0 Å². The molecule has 20 heteroatoms. The summed E-state index contributed by atoms with van der Waals surface area (Å²) in [6.07, 6.45) is -5.86. The summed E-state index contributed by atoms with van der Waals surface area (Å²) >= 11 is 0. The Morgan fingerprint density at radius 3 is 1.36 bits per heavy atom. The molecule has 0 aliphatic heterocycles. The summed E-state index contributed by atoms with van der Waals surface area (Å²) in [4.78, 5) is 11.2. The normalized spacial score (nSPS) is 15.2. The third kappa shape index (κ3) is 6.08. The van der Waals surface area contributed by atoms with Gasteiger partial charge >= 0.3 is 57.8 Å². The molecule has 0 aromatic heterocycles. The van der Waals surface area contributed by atoms with Crippen molar-refractivity contribution in [2.75, 3.05) is 5.75 Å². The summed E-state index contributed by atoms with van der Waals surface area (Å²) in [5.41, 5.74) is 0. The van der Waals surface area contributed by atoms with Crippen LogP contribution in [0.15, 0.2) is 0 Å².